The number of nitrogens with one attached hydrogen (secondary N) is 2. The van der Waals surface area contributed by atoms with Crippen LogP contribution in [0.1, 0.15) is 5.56 Å². The average Bonchev–Trinajstić information content (AvgIpc) is 2.97. The van der Waals surface area contributed by atoms with Crippen LogP contribution in [0.4, 0.5) is 5.69 Å². The summed E-state index contributed by atoms with van der Waals surface area (Å²) in [6.07, 6.45) is 0.825. The Morgan fingerprint density at radius 1 is 1.41 bits per heavy atom. The maximum atomic E-state index is 12.0. The highest BCUT2D eigenvalue weighted by Gasteiger charge is 2.29. The number of para-hydroxylation sites is 1. The Hall–Kier alpha value is -2.48. The summed E-state index contributed by atoms with van der Waals surface area (Å²) in [5.74, 6) is -0.284. The van der Waals surface area contributed by atoms with E-state index in [4.69, 9.17) is 0 Å². The Bertz CT molecular complexity index is 726. The topological polar surface area (TPSA) is 95.3 Å². The van der Waals surface area contributed by atoms with E-state index in [1.807, 2.05) is 31.2 Å². The fourth-order valence-electron chi connectivity index (χ4n) is 1.98. The molecule has 0 spiro atoms. The minimum atomic E-state index is -0.573. The number of carbonyl (C=O) groups is 2. The molecule has 1 unspecified atom stereocenters. The SMILES string of the molecule is Cc1ccccc1NC(=O)CSC1=NC2N=NC=C2C(=O)N1. The number of amides is 2. The van der Waals surface area contributed by atoms with Crippen molar-refractivity contribution in [2.75, 3.05) is 11.1 Å². The lowest BCUT2D eigenvalue weighted by molar-refractivity contribution is -0.116. The van der Waals surface area contributed by atoms with E-state index in [0.717, 1.165) is 23.0 Å². The van der Waals surface area contributed by atoms with Crippen molar-refractivity contribution in [1.29, 1.82) is 0 Å². The maximum absolute atomic E-state index is 12.0. The number of azo groups is 1. The molecule has 2 aliphatic rings. The van der Waals surface area contributed by atoms with E-state index < -0.39 is 6.17 Å². The molecule has 112 valence electrons. The zero-order valence-electron chi connectivity index (χ0n) is 11.7. The monoisotopic (exact) mass is 315 g/mol. The van der Waals surface area contributed by atoms with Gasteiger partial charge in [-0.3, -0.25) is 9.59 Å². The number of nitrogens with zero attached hydrogens (tertiary/aromatic N) is 3. The molecular formula is C14H13N5O2S. The van der Waals surface area contributed by atoms with E-state index in [-0.39, 0.29) is 17.6 Å². The highest BCUT2D eigenvalue weighted by Crippen LogP contribution is 2.22. The van der Waals surface area contributed by atoms with Crippen LogP contribution in [0.5, 0.6) is 0 Å². The van der Waals surface area contributed by atoms with Crippen molar-refractivity contribution < 1.29 is 9.59 Å². The highest BCUT2D eigenvalue weighted by molar-refractivity contribution is 8.14. The summed E-state index contributed by atoms with van der Waals surface area (Å²) in [7, 11) is 0. The van der Waals surface area contributed by atoms with Gasteiger partial charge in [0.1, 0.15) is 0 Å². The lowest BCUT2D eigenvalue weighted by Crippen LogP contribution is -2.38. The van der Waals surface area contributed by atoms with Crippen molar-refractivity contribution in [3.63, 3.8) is 0 Å². The fraction of sp³-hybridized carbons (Fsp3) is 0.214. The molecule has 2 heterocycles. The van der Waals surface area contributed by atoms with E-state index in [1.165, 1.54) is 6.20 Å². The Labute approximate surface area is 131 Å². The number of anilines is 1. The number of carbonyl (C=O) groups excluding carboxylic acids is 2. The minimum Gasteiger partial charge on any atom is -0.325 e. The van der Waals surface area contributed by atoms with Gasteiger partial charge >= 0.3 is 0 Å². The van der Waals surface area contributed by atoms with Crippen LogP contribution in [0.15, 0.2) is 51.3 Å². The third kappa shape index (κ3) is 3.06. The number of rotatable bonds is 3. The highest BCUT2D eigenvalue weighted by atomic mass is 32.2. The first kappa shape index (κ1) is 14.5. The Morgan fingerprint density at radius 3 is 3.05 bits per heavy atom. The van der Waals surface area contributed by atoms with Gasteiger partial charge in [0.2, 0.25) is 5.91 Å². The van der Waals surface area contributed by atoms with Gasteiger partial charge in [0.25, 0.3) is 5.91 Å². The number of hydrogen-bond acceptors (Lipinski definition) is 6. The van der Waals surface area contributed by atoms with Gasteiger partial charge in [0.15, 0.2) is 11.3 Å². The molecule has 2 N–H and O–H groups in total. The maximum Gasteiger partial charge on any atom is 0.258 e. The number of benzene rings is 1. The van der Waals surface area contributed by atoms with Crippen molar-refractivity contribution in [3.8, 4) is 0 Å². The third-order valence-electron chi connectivity index (χ3n) is 3.13. The van der Waals surface area contributed by atoms with Crippen molar-refractivity contribution in [3.05, 3.63) is 41.6 Å². The van der Waals surface area contributed by atoms with Gasteiger partial charge in [-0.2, -0.15) is 10.2 Å². The first-order valence-corrected chi connectivity index (χ1v) is 7.59. The first-order chi connectivity index (χ1) is 10.6. The molecule has 0 fully saturated rings. The molecule has 0 radical (unpaired) electrons. The lowest BCUT2D eigenvalue weighted by Gasteiger charge is -2.17. The van der Waals surface area contributed by atoms with E-state index in [2.05, 4.69) is 25.9 Å². The van der Waals surface area contributed by atoms with Crippen LogP contribution in [0.3, 0.4) is 0 Å². The van der Waals surface area contributed by atoms with Crippen LogP contribution < -0.4 is 10.6 Å². The molecule has 2 amide bonds. The number of fused-ring (bicyclic) bond motifs is 1. The molecule has 2 aliphatic heterocycles. The second kappa shape index (κ2) is 6.10. The first-order valence-electron chi connectivity index (χ1n) is 6.61. The van der Waals surface area contributed by atoms with Gasteiger partial charge in [0, 0.05) is 5.69 Å². The number of amidine groups is 1. The average molecular weight is 315 g/mol. The molecule has 22 heavy (non-hydrogen) atoms. The molecule has 3 rings (SSSR count). The number of hydrogen-bond donors (Lipinski definition) is 2. The molecule has 7 nitrogen and oxygen atoms in total. The minimum absolute atomic E-state index is 0.149. The summed E-state index contributed by atoms with van der Waals surface area (Å²) < 4.78 is 0. The molecule has 0 saturated heterocycles. The van der Waals surface area contributed by atoms with Crippen LogP contribution in [0, 0.1) is 6.92 Å². The Morgan fingerprint density at radius 2 is 2.23 bits per heavy atom. The molecule has 1 aromatic carbocycles. The van der Waals surface area contributed by atoms with E-state index >= 15 is 0 Å². The van der Waals surface area contributed by atoms with Crippen molar-refractivity contribution in [2.24, 2.45) is 15.2 Å². The van der Waals surface area contributed by atoms with Gasteiger partial charge in [-0.15, -0.1) is 0 Å². The zero-order valence-corrected chi connectivity index (χ0v) is 12.6. The second-order valence-corrected chi connectivity index (χ2v) is 5.69. The largest absolute Gasteiger partial charge is 0.325 e. The summed E-state index contributed by atoms with van der Waals surface area (Å²) >= 11 is 1.16. The Balaban J connectivity index is 1.58. The molecule has 8 heteroatoms. The third-order valence-corrected chi connectivity index (χ3v) is 4.02. The molecule has 0 aliphatic carbocycles. The smallest absolute Gasteiger partial charge is 0.258 e. The van der Waals surface area contributed by atoms with Crippen LogP contribution >= 0.6 is 11.8 Å². The normalized spacial score (nSPS) is 19.1. The Kier molecular flexibility index (Phi) is 4.01. The quantitative estimate of drug-likeness (QED) is 0.890. The van der Waals surface area contributed by atoms with E-state index in [1.54, 1.807) is 0 Å². The van der Waals surface area contributed by atoms with Crippen LogP contribution in [0.25, 0.3) is 0 Å². The number of aryl methyl sites for hydroxylation is 1. The summed E-state index contributed by atoms with van der Waals surface area (Å²) in [6, 6.07) is 7.54. The molecule has 0 bridgehead atoms. The fourth-order valence-corrected chi connectivity index (χ4v) is 2.66. The van der Waals surface area contributed by atoms with E-state index in [9.17, 15) is 9.59 Å². The second-order valence-electron chi connectivity index (χ2n) is 4.73. The van der Waals surface area contributed by atoms with Crippen LogP contribution in [-0.4, -0.2) is 28.9 Å². The van der Waals surface area contributed by atoms with Gasteiger partial charge in [-0.1, -0.05) is 30.0 Å². The predicted octanol–water partition coefficient (Wildman–Crippen LogP) is 1.83. The molecular weight excluding hydrogens is 302 g/mol. The molecule has 0 aromatic heterocycles. The van der Waals surface area contributed by atoms with Gasteiger partial charge in [0.05, 0.1) is 17.5 Å². The summed E-state index contributed by atoms with van der Waals surface area (Å²) in [5.41, 5.74) is 2.19. The van der Waals surface area contributed by atoms with Crippen LogP contribution in [-0.2, 0) is 9.59 Å². The van der Waals surface area contributed by atoms with Crippen molar-refractivity contribution in [2.45, 2.75) is 13.1 Å². The van der Waals surface area contributed by atoms with Gasteiger partial charge < -0.3 is 10.6 Å². The van der Waals surface area contributed by atoms with Crippen LogP contribution in [0.2, 0.25) is 0 Å². The van der Waals surface area contributed by atoms with Crippen molar-refractivity contribution >= 4 is 34.4 Å². The van der Waals surface area contributed by atoms with E-state index in [0.29, 0.717) is 10.7 Å². The predicted molar refractivity (Wildman–Crippen MR) is 84.6 cm³/mol. The summed E-state index contributed by atoms with van der Waals surface area (Å²) in [5, 5.41) is 13.3. The molecule has 1 aromatic rings. The standard InChI is InChI=1S/C14H13N5O2S/c1-8-4-2-3-5-10(8)16-11(20)7-22-14-17-12-9(6-15-19-12)13(21)18-14/h2-6,12H,7H2,1H3,(H,16,20)(H,17,18,21). The zero-order chi connectivity index (χ0) is 15.5. The summed E-state index contributed by atoms with van der Waals surface area (Å²) in [6.45, 7) is 1.92. The number of aliphatic imine (C=N–C) groups is 1. The van der Waals surface area contributed by atoms with Gasteiger partial charge in [-0.05, 0) is 18.6 Å². The summed E-state index contributed by atoms with van der Waals surface area (Å²) in [4.78, 5) is 28.0. The lowest BCUT2D eigenvalue weighted by atomic mass is 10.2. The van der Waals surface area contributed by atoms with Crippen molar-refractivity contribution in [1.82, 2.24) is 5.32 Å². The van der Waals surface area contributed by atoms with Gasteiger partial charge in [-0.25, -0.2) is 4.99 Å². The molecule has 0 saturated carbocycles. The number of thioether (sulfide) groups is 1. The molecule has 1 atom stereocenters.